The van der Waals surface area contributed by atoms with Gasteiger partial charge in [-0.2, -0.15) is 10.2 Å². The Morgan fingerprint density at radius 2 is 1.91 bits per heavy atom. The molecule has 1 amide bonds. The van der Waals surface area contributed by atoms with Crippen LogP contribution in [0.4, 0.5) is 0 Å². The molecular weight excluding hydrogens is 468 g/mol. The fourth-order valence-corrected chi connectivity index (χ4v) is 7.20. The lowest BCUT2D eigenvalue weighted by atomic mass is 10.0. The van der Waals surface area contributed by atoms with Gasteiger partial charge in [-0.1, -0.05) is 18.2 Å². The van der Waals surface area contributed by atoms with Crippen molar-refractivity contribution >= 4 is 15.7 Å². The molecule has 0 spiro atoms. The highest BCUT2D eigenvalue weighted by Gasteiger charge is 2.40. The van der Waals surface area contributed by atoms with Crippen LogP contribution in [0, 0.1) is 6.92 Å². The van der Waals surface area contributed by atoms with Crippen LogP contribution in [-0.2, 0) is 25.2 Å². The maximum Gasteiger partial charge on any atom is 0.274 e. The van der Waals surface area contributed by atoms with Gasteiger partial charge in [-0.25, -0.2) is 8.42 Å². The van der Waals surface area contributed by atoms with Crippen molar-refractivity contribution < 1.29 is 22.8 Å². The van der Waals surface area contributed by atoms with E-state index in [4.69, 9.17) is 14.7 Å². The van der Waals surface area contributed by atoms with Gasteiger partial charge in [0.15, 0.2) is 15.5 Å². The maximum absolute atomic E-state index is 13.6. The molecule has 1 unspecified atom stereocenters. The van der Waals surface area contributed by atoms with Crippen molar-refractivity contribution in [3.05, 3.63) is 35.0 Å². The molecule has 1 aromatic heterocycles. The van der Waals surface area contributed by atoms with Crippen molar-refractivity contribution in [3.63, 3.8) is 0 Å². The Bertz CT molecular complexity index is 1240. The molecule has 2 aromatic rings. The van der Waals surface area contributed by atoms with Gasteiger partial charge in [-0.15, -0.1) is 0 Å². The van der Waals surface area contributed by atoms with Gasteiger partial charge < -0.3 is 9.64 Å². The van der Waals surface area contributed by atoms with Crippen LogP contribution in [-0.4, -0.2) is 79.1 Å². The first kappa shape index (κ1) is 24.4. The van der Waals surface area contributed by atoms with Gasteiger partial charge >= 0.3 is 0 Å². The number of piperidine rings is 1. The first-order valence-electron chi connectivity index (χ1n) is 12.3. The Balaban J connectivity index is 1.63. The molecule has 4 heterocycles. The van der Waals surface area contributed by atoms with Gasteiger partial charge in [0.25, 0.3) is 5.91 Å². The van der Waals surface area contributed by atoms with Crippen LogP contribution in [0.5, 0.6) is 0 Å². The third-order valence-electron chi connectivity index (χ3n) is 6.73. The smallest absolute Gasteiger partial charge is 0.274 e. The Labute approximate surface area is 206 Å². The highest BCUT2D eigenvalue weighted by atomic mass is 32.2. The molecule has 190 valence electrons. The number of hydroxylamine groups is 2. The maximum atomic E-state index is 13.6. The van der Waals surface area contributed by atoms with E-state index in [-0.39, 0.29) is 29.0 Å². The van der Waals surface area contributed by atoms with E-state index in [1.165, 1.54) is 0 Å². The Morgan fingerprint density at radius 1 is 1.17 bits per heavy atom. The van der Waals surface area contributed by atoms with Crippen molar-refractivity contribution in [1.82, 2.24) is 19.7 Å². The first-order chi connectivity index (χ1) is 16.5. The summed E-state index contributed by atoms with van der Waals surface area (Å²) in [4.78, 5) is 21.8. The van der Waals surface area contributed by atoms with Gasteiger partial charge in [0.05, 0.1) is 41.2 Å². The molecule has 1 atom stereocenters. The van der Waals surface area contributed by atoms with Crippen molar-refractivity contribution in [1.29, 1.82) is 0 Å². The summed E-state index contributed by atoms with van der Waals surface area (Å²) in [6, 6.07) is 5.49. The molecule has 0 saturated carbocycles. The van der Waals surface area contributed by atoms with Gasteiger partial charge in [-0.3, -0.25) is 14.3 Å². The lowest BCUT2D eigenvalue weighted by Crippen LogP contribution is -2.42. The standard InChI is InChI=1S/C25H34N4O5S/c1-17-7-5-9-19-22-20(16-35(31,32)23(17)19)21(24(30)27-11-13-33-14-12-27)26-29(22)18-8-6-10-28(15-18)34-25(2,3)4/h5,7,9,18H,6,8,10-16H2,1-4H3. The average molecular weight is 503 g/mol. The number of aryl methyl sites for hydroxylation is 1. The largest absolute Gasteiger partial charge is 0.378 e. The lowest BCUT2D eigenvalue weighted by molar-refractivity contribution is -0.240. The summed E-state index contributed by atoms with van der Waals surface area (Å²) in [5.74, 6) is -0.450. The van der Waals surface area contributed by atoms with Crippen LogP contribution in [0.2, 0.25) is 0 Å². The molecule has 2 saturated heterocycles. The second-order valence-corrected chi connectivity index (χ2v) is 12.5. The number of sulfone groups is 1. The second kappa shape index (κ2) is 8.99. The zero-order valence-electron chi connectivity index (χ0n) is 20.9. The van der Waals surface area contributed by atoms with Crippen molar-refractivity contribution in [2.75, 3.05) is 39.4 Å². The molecule has 9 nitrogen and oxygen atoms in total. The number of ether oxygens (including phenoxy) is 1. The fraction of sp³-hybridized carbons (Fsp3) is 0.600. The molecule has 0 N–H and O–H groups in total. The quantitative estimate of drug-likeness (QED) is 0.637. The van der Waals surface area contributed by atoms with Crippen molar-refractivity contribution in [2.45, 2.75) is 62.8 Å². The Hall–Kier alpha value is -2.27. The molecule has 2 fully saturated rings. The number of amides is 1. The predicted octanol–water partition coefficient (Wildman–Crippen LogP) is 2.99. The van der Waals surface area contributed by atoms with Crippen LogP contribution in [0.25, 0.3) is 11.3 Å². The average Bonchev–Trinajstić information content (AvgIpc) is 3.16. The van der Waals surface area contributed by atoms with E-state index in [0.29, 0.717) is 54.4 Å². The highest BCUT2D eigenvalue weighted by Crippen LogP contribution is 2.43. The van der Waals surface area contributed by atoms with E-state index in [1.807, 2.05) is 55.6 Å². The van der Waals surface area contributed by atoms with Gasteiger partial charge in [0.1, 0.15) is 0 Å². The van der Waals surface area contributed by atoms with Crippen LogP contribution in [0.1, 0.15) is 61.3 Å². The van der Waals surface area contributed by atoms with Crippen LogP contribution >= 0.6 is 0 Å². The summed E-state index contributed by atoms with van der Waals surface area (Å²) in [6.07, 6.45) is 1.79. The SMILES string of the molecule is Cc1cccc2c1S(=O)(=O)Cc1c(C(=O)N3CCOCC3)nn(C3CCCN(OC(C)(C)C)C3)c1-2. The minimum absolute atomic E-state index is 0.0414. The number of fused-ring (bicyclic) bond motifs is 3. The molecule has 35 heavy (non-hydrogen) atoms. The first-order valence-corrected chi connectivity index (χ1v) is 14.0. The minimum atomic E-state index is -3.61. The van der Waals surface area contributed by atoms with Crippen molar-refractivity contribution in [3.8, 4) is 11.3 Å². The van der Waals surface area contributed by atoms with Gasteiger partial charge in [0.2, 0.25) is 0 Å². The van der Waals surface area contributed by atoms with Gasteiger partial charge in [-0.05, 0) is 46.1 Å². The monoisotopic (exact) mass is 502 g/mol. The number of nitrogens with zero attached hydrogens (tertiary/aromatic N) is 4. The number of aromatic nitrogens is 2. The zero-order chi connectivity index (χ0) is 25.0. The van der Waals surface area contributed by atoms with E-state index < -0.39 is 9.84 Å². The van der Waals surface area contributed by atoms with E-state index in [2.05, 4.69) is 0 Å². The summed E-state index contributed by atoms with van der Waals surface area (Å²) in [6.45, 7) is 11.2. The molecule has 3 aliphatic heterocycles. The van der Waals surface area contributed by atoms with E-state index >= 15 is 0 Å². The van der Waals surface area contributed by atoms with Gasteiger partial charge in [0, 0.05) is 37.3 Å². The molecule has 0 aliphatic carbocycles. The molecule has 0 bridgehead atoms. The molecular formula is C25H34N4O5S. The Morgan fingerprint density at radius 3 is 2.63 bits per heavy atom. The summed E-state index contributed by atoms with van der Waals surface area (Å²) in [5.41, 5.74) is 2.52. The van der Waals surface area contributed by atoms with E-state index in [9.17, 15) is 13.2 Å². The van der Waals surface area contributed by atoms with Crippen LogP contribution in [0.3, 0.4) is 0 Å². The summed E-state index contributed by atoms with van der Waals surface area (Å²) >= 11 is 0. The minimum Gasteiger partial charge on any atom is -0.378 e. The number of benzene rings is 1. The summed E-state index contributed by atoms with van der Waals surface area (Å²) in [5, 5.41) is 6.83. The molecule has 1 aromatic carbocycles. The number of carbonyl (C=O) groups is 1. The third kappa shape index (κ3) is 4.64. The third-order valence-corrected chi connectivity index (χ3v) is 8.56. The number of hydrogen-bond acceptors (Lipinski definition) is 7. The molecule has 10 heteroatoms. The van der Waals surface area contributed by atoms with E-state index in [1.54, 1.807) is 4.90 Å². The fourth-order valence-electron chi connectivity index (χ4n) is 5.35. The normalized spacial score (nSPS) is 22.5. The van der Waals surface area contributed by atoms with E-state index in [0.717, 1.165) is 25.1 Å². The zero-order valence-corrected chi connectivity index (χ0v) is 21.7. The lowest BCUT2D eigenvalue weighted by Gasteiger charge is -2.37. The number of hydrogen-bond donors (Lipinski definition) is 0. The van der Waals surface area contributed by atoms with Crippen LogP contribution < -0.4 is 0 Å². The topological polar surface area (TPSA) is 94.0 Å². The molecule has 5 rings (SSSR count). The number of carbonyl (C=O) groups excluding carboxylic acids is 1. The Kier molecular flexibility index (Phi) is 6.27. The number of morpholine rings is 1. The second-order valence-electron chi connectivity index (χ2n) is 10.6. The number of rotatable bonds is 3. The predicted molar refractivity (Wildman–Crippen MR) is 131 cm³/mol. The molecule has 0 radical (unpaired) electrons. The highest BCUT2D eigenvalue weighted by molar-refractivity contribution is 7.91. The molecule has 3 aliphatic rings. The van der Waals surface area contributed by atoms with Crippen LogP contribution in [0.15, 0.2) is 23.1 Å². The summed E-state index contributed by atoms with van der Waals surface area (Å²) < 4.78 is 34.1. The summed E-state index contributed by atoms with van der Waals surface area (Å²) in [7, 11) is -3.61. The van der Waals surface area contributed by atoms with Crippen molar-refractivity contribution in [2.24, 2.45) is 0 Å².